The number of nitrogens with two attached hydrogens (primary N) is 1. The highest BCUT2D eigenvalue weighted by molar-refractivity contribution is 5.18. The molecule has 1 aromatic heterocycles. The third kappa shape index (κ3) is 1.72. The topological polar surface area (TPSA) is 72.0 Å². The van der Waals surface area contributed by atoms with Crippen LogP contribution in [0.5, 0.6) is 0 Å². The van der Waals surface area contributed by atoms with Crippen molar-refractivity contribution in [2.45, 2.75) is 13.0 Å². The lowest BCUT2D eigenvalue weighted by atomic mass is 10.1. The van der Waals surface area contributed by atoms with Crippen LogP contribution in [0.15, 0.2) is 12.5 Å². The van der Waals surface area contributed by atoms with Crippen LogP contribution >= 0.6 is 0 Å². The summed E-state index contributed by atoms with van der Waals surface area (Å²) < 4.78 is 0. The van der Waals surface area contributed by atoms with Crippen molar-refractivity contribution in [3.05, 3.63) is 23.8 Å². The normalized spacial score (nSPS) is 13.0. The van der Waals surface area contributed by atoms with E-state index >= 15 is 0 Å². The Bertz CT molecular complexity index is 239. The van der Waals surface area contributed by atoms with Gasteiger partial charge in [0.15, 0.2) is 0 Å². The van der Waals surface area contributed by atoms with Crippen molar-refractivity contribution >= 4 is 0 Å². The molecule has 0 unspecified atom stereocenters. The molecule has 60 valence electrons. The molecule has 1 atom stereocenters. The first kappa shape index (κ1) is 8.10. The van der Waals surface area contributed by atoms with E-state index in [0.29, 0.717) is 0 Å². The van der Waals surface area contributed by atoms with Gasteiger partial charge in [-0.1, -0.05) is 0 Å². The van der Waals surface area contributed by atoms with Crippen LogP contribution in [-0.2, 0) is 0 Å². The molecule has 0 spiro atoms. The molecule has 0 saturated carbocycles. The van der Waals surface area contributed by atoms with Gasteiger partial charge in [-0.05, 0) is 6.92 Å². The summed E-state index contributed by atoms with van der Waals surface area (Å²) in [5, 5.41) is 8.73. The number of aromatic nitrogens is 2. The number of aliphatic hydroxyl groups is 1. The van der Waals surface area contributed by atoms with Gasteiger partial charge >= 0.3 is 0 Å². The van der Waals surface area contributed by atoms with Gasteiger partial charge < -0.3 is 10.8 Å². The third-order valence-electron chi connectivity index (χ3n) is 1.55. The Morgan fingerprint density at radius 3 is 3.00 bits per heavy atom. The number of aliphatic hydroxyl groups excluding tert-OH is 1. The van der Waals surface area contributed by atoms with E-state index in [0.717, 1.165) is 11.3 Å². The largest absolute Gasteiger partial charge is 0.394 e. The molecule has 1 rings (SSSR count). The lowest BCUT2D eigenvalue weighted by Gasteiger charge is -2.08. The van der Waals surface area contributed by atoms with Crippen molar-refractivity contribution in [1.29, 1.82) is 0 Å². The molecule has 4 nitrogen and oxygen atoms in total. The zero-order valence-electron chi connectivity index (χ0n) is 6.36. The number of rotatable bonds is 2. The molecule has 0 aromatic carbocycles. The summed E-state index contributed by atoms with van der Waals surface area (Å²) in [5.74, 6) is 0. The van der Waals surface area contributed by atoms with Crippen molar-refractivity contribution in [2.24, 2.45) is 5.73 Å². The van der Waals surface area contributed by atoms with Gasteiger partial charge in [0.25, 0.3) is 0 Å². The summed E-state index contributed by atoms with van der Waals surface area (Å²) >= 11 is 0. The fourth-order valence-electron chi connectivity index (χ4n) is 0.864. The van der Waals surface area contributed by atoms with Gasteiger partial charge in [0, 0.05) is 17.5 Å². The molecular formula is C7H11N3O. The second kappa shape index (κ2) is 3.41. The van der Waals surface area contributed by atoms with Gasteiger partial charge in [-0.15, -0.1) is 0 Å². The monoisotopic (exact) mass is 153 g/mol. The van der Waals surface area contributed by atoms with Crippen LogP contribution in [0.1, 0.15) is 17.3 Å². The van der Waals surface area contributed by atoms with E-state index in [1.54, 1.807) is 6.20 Å². The molecule has 0 aliphatic rings. The third-order valence-corrected chi connectivity index (χ3v) is 1.55. The average Bonchev–Trinajstić information content (AvgIpc) is 2.04. The van der Waals surface area contributed by atoms with Crippen LogP contribution in [0, 0.1) is 6.92 Å². The molecule has 1 heterocycles. The predicted octanol–water partition coefficient (Wildman–Crippen LogP) is -0.223. The van der Waals surface area contributed by atoms with Crippen molar-refractivity contribution < 1.29 is 5.11 Å². The van der Waals surface area contributed by atoms with Crippen LogP contribution in [0.25, 0.3) is 0 Å². The van der Waals surface area contributed by atoms with Crippen LogP contribution in [0.4, 0.5) is 0 Å². The Morgan fingerprint density at radius 1 is 1.73 bits per heavy atom. The predicted molar refractivity (Wildman–Crippen MR) is 40.8 cm³/mol. The summed E-state index contributed by atoms with van der Waals surface area (Å²) in [6.45, 7) is 1.76. The number of hydrogen-bond donors (Lipinski definition) is 2. The quantitative estimate of drug-likeness (QED) is 0.616. The SMILES string of the molecule is Cc1ncncc1[C@H](N)CO. The number of hydrogen-bond acceptors (Lipinski definition) is 4. The number of aryl methyl sites for hydroxylation is 1. The summed E-state index contributed by atoms with van der Waals surface area (Å²) in [6.07, 6.45) is 3.09. The second-order valence-electron chi connectivity index (χ2n) is 2.35. The summed E-state index contributed by atoms with van der Waals surface area (Å²) in [7, 11) is 0. The summed E-state index contributed by atoms with van der Waals surface area (Å²) in [6, 6.07) is -0.365. The Hall–Kier alpha value is -1.00. The highest BCUT2D eigenvalue weighted by atomic mass is 16.3. The molecule has 4 heteroatoms. The van der Waals surface area contributed by atoms with Gasteiger partial charge in [0.05, 0.1) is 12.6 Å². The molecule has 0 bridgehead atoms. The maximum Gasteiger partial charge on any atom is 0.115 e. The first-order valence-corrected chi connectivity index (χ1v) is 3.38. The zero-order valence-corrected chi connectivity index (χ0v) is 6.36. The lowest BCUT2D eigenvalue weighted by molar-refractivity contribution is 0.267. The maximum atomic E-state index is 8.73. The molecule has 3 N–H and O–H groups in total. The maximum absolute atomic E-state index is 8.73. The van der Waals surface area contributed by atoms with E-state index in [9.17, 15) is 0 Å². The summed E-state index contributed by atoms with van der Waals surface area (Å²) in [5.41, 5.74) is 7.19. The van der Waals surface area contributed by atoms with Crippen molar-refractivity contribution in [1.82, 2.24) is 9.97 Å². The minimum absolute atomic E-state index is 0.0752. The minimum atomic E-state index is -0.365. The Balaban J connectivity index is 2.93. The Morgan fingerprint density at radius 2 is 2.45 bits per heavy atom. The van der Waals surface area contributed by atoms with E-state index in [4.69, 9.17) is 10.8 Å². The molecule has 1 aromatic rings. The minimum Gasteiger partial charge on any atom is -0.394 e. The zero-order chi connectivity index (χ0) is 8.27. The van der Waals surface area contributed by atoms with E-state index in [1.165, 1.54) is 6.33 Å². The van der Waals surface area contributed by atoms with Crippen LogP contribution in [0.3, 0.4) is 0 Å². The van der Waals surface area contributed by atoms with Crippen molar-refractivity contribution in [2.75, 3.05) is 6.61 Å². The Labute approximate surface area is 65.1 Å². The van der Waals surface area contributed by atoms with Crippen molar-refractivity contribution in [3.63, 3.8) is 0 Å². The van der Waals surface area contributed by atoms with E-state index in [1.807, 2.05) is 6.92 Å². The molecular weight excluding hydrogens is 142 g/mol. The van der Waals surface area contributed by atoms with E-state index in [-0.39, 0.29) is 12.6 Å². The Kier molecular flexibility index (Phi) is 2.51. The first-order valence-electron chi connectivity index (χ1n) is 3.38. The van der Waals surface area contributed by atoms with E-state index < -0.39 is 0 Å². The van der Waals surface area contributed by atoms with Gasteiger partial charge in [0.1, 0.15) is 6.33 Å². The molecule has 0 radical (unpaired) electrons. The highest BCUT2D eigenvalue weighted by Gasteiger charge is 2.07. The first-order chi connectivity index (χ1) is 5.25. The standard InChI is InChI=1S/C7H11N3O/c1-5-6(7(8)3-11)2-9-4-10-5/h2,4,7,11H,3,8H2,1H3/t7-/m1/s1. The molecule has 0 aliphatic heterocycles. The fraction of sp³-hybridized carbons (Fsp3) is 0.429. The average molecular weight is 153 g/mol. The highest BCUT2D eigenvalue weighted by Crippen LogP contribution is 2.09. The molecule has 0 aliphatic carbocycles. The van der Waals surface area contributed by atoms with Crippen molar-refractivity contribution in [3.8, 4) is 0 Å². The van der Waals surface area contributed by atoms with Crippen LogP contribution < -0.4 is 5.73 Å². The van der Waals surface area contributed by atoms with Gasteiger partial charge in [-0.2, -0.15) is 0 Å². The molecule has 0 amide bonds. The smallest absolute Gasteiger partial charge is 0.115 e. The fourth-order valence-corrected chi connectivity index (χ4v) is 0.864. The van der Waals surface area contributed by atoms with Gasteiger partial charge in [-0.25, -0.2) is 9.97 Å². The summed E-state index contributed by atoms with van der Waals surface area (Å²) in [4.78, 5) is 7.76. The molecule has 0 saturated heterocycles. The molecule has 0 fully saturated rings. The van der Waals surface area contributed by atoms with E-state index in [2.05, 4.69) is 9.97 Å². The number of nitrogens with zero attached hydrogens (tertiary/aromatic N) is 2. The second-order valence-corrected chi connectivity index (χ2v) is 2.35. The van der Waals surface area contributed by atoms with Crippen LogP contribution in [0.2, 0.25) is 0 Å². The van der Waals surface area contributed by atoms with Crippen LogP contribution in [-0.4, -0.2) is 21.7 Å². The van der Waals surface area contributed by atoms with Gasteiger partial charge in [-0.3, -0.25) is 0 Å². The molecule has 11 heavy (non-hydrogen) atoms. The van der Waals surface area contributed by atoms with Gasteiger partial charge in [0.2, 0.25) is 0 Å². The lowest BCUT2D eigenvalue weighted by Crippen LogP contribution is -2.16.